The number of carbonyl (C=O) groups is 2. The van der Waals surface area contributed by atoms with Gasteiger partial charge in [-0.05, 0) is 50.1 Å². The minimum absolute atomic E-state index is 0.0194. The van der Waals surface area contributed by atoms with Crippen molar-refractivity contribution in [2.45, 2.75) is 26.8 Å². The van der Waals surface area contributed by atoms with Crippen molar-refractivity contribution >= 4 is 11.8 Å². The number of morpholine rings is 1. The second kappa shape index (κ2) is 13.2. The maximum atomic E-state index is 13.7. The van der Waals surface area contributed by atoms with E-state index in [2.05, 4.69) is 17.0 Å². The molecule has 1 aliphatic rings. The molecule has 1 aliphatic heterocycles. The van der Waals surface area contributed by atoms with Crippen LogP contribution in [0.3, 0.4) is 0 Å². The van der Waals surface area contributed by atoms with E-state index in [9.17, 15) is 9.59 Å². The largest absolute Gasteiger partial charge is 0.464 e. The highest BCUT2D eigenvalue weighted by atomic mass is 16.5. The Morgan fingerprint density at radius 3 is 2.27 bits per heavy atom. The molecule has 0 unspecified atom stereocenters. The van der Waals surface area contributed by atoms with Gasteiger partial charge in [-0.1, -0.05) is 48.0 Å². The number of ether oxygens (including phenoxy) is 1. The van der Waals surface area contributed by atoms with Crippen molar-refractivity contribution in [2.24, 2.45) is 0 Å². The van der Waals surface area contributed by atoms with Crippen LogP contribution >= 0.6 is 0 Å². The summed E-state index contributed by atoms with van der Waals surface area (Å²) in [4.78, 5) is 33.0. The number of carbonyl (C=O) groups excluding carboxylic acids is 2. The van der Waals surface area contributed by atoms with E-state index in [1.807, 2.05) is 68.4 Å². The molecule has 0 N–H and O–H groups in total. The van der Waals surface area contributed by atoms with E-state index in [0.29, 0.717) is 45.0 Å². The Labute approximate surface area is 219 Å². The summed E-state index contributed by atoms with van der Waals surface area (Å²) in [6, 6.07) is 21.5. The lowest BCUT2D eigenvalue weighted by Crippen LogP contribution is -2.47. The lowest BCUT2D eigenvalue weighted by atomic mass is 10.1. The summed E-state index contributed by atoms with van der Waals surface area (Å²) in [7, 11) is 0. The average molecular weight is 504 g/mol. The maximum Gasteiger partial charge on any atom is 0.254 e. The smallest absolute Gasteiger partial charge is 0.254 e. The summed E-state index contributed by atoms with van der Waals surface area (Å²) in [5.41, 5.74) is 2.85. The first-order valence-electron chi connectivity index (χ1n) is 13.0. The molecule has 1 fully saturated rings. The van der Waals surface area contributed by atoms with Gasteiger partial charge in [0.05, 0.1) is 19.8 Å². The van der Waals surface area contributed by atoms with Gasteiger partial charge >= 0.3 is 0 Å². The molecule has 0 atom stereocenters. The standard InChI is InChI=1S/C30H37N3O4/c1-24-8-11-27(12-9-24)30(35)33(17-16-31-18-20-36-21-19-31)23-29(34)32(22-28-13-10-25(2)37-28)15-14-26-6-4-3-5-7-26/h3-13H,14-23H2,1-2H3. The Morgan fingerprint density at radius 2 is 1.59 bits per heavy atom. The first kappa shape index (κ1) is 26.6. The van der Waals surface area contributed by atoms with Crippen LogP contribution in [0.4, 0.5) is 0 Å². The minimum Gasteiger partial charge on any atom is -0.464 e. The molecule has 7 nitrogen and oxygen atoms in total. The predicted octanol–water partition coefficient (Wildman–Crippen LogP) is 3.94. The van der Waals surface area contributed by atoms with E-state index in [-0.39, 0.29) is 18.4 Å². The molecule has 4 rings (SSSR count). The van der Waals surface area contributed by atoms with Crippen LogP contribution in [-0.4, -0.2) is 79.0 Å². The van der Waals surface area contributed by atoms with Crippen LogP contribution in [-0.2, 0) is 22.5 Å². The molecule has 0 aliphatic carbocycles. The monoisotopic (exact) mass is 503 g/mol. The second-order valence-corrected chi connectivity index (χ2v) is 9.61. The SMILES string of the molecule is Cc1ccc(C(=O)N(CCN2CCOCC2)CC(=O)N(CCc2ccccc2)Cc2ccc(C)o2)cc1. The van der Waals surface area contributed by atoms with Crippen molar-refractivity contribution in [3.05, 3.63) is 94.9 Å². The zero-order valence-corrected chi connectivity index (χ0v) is 21.9. The van der Waals surface area contributed by atoms with E-state index in [1.165, 1.54) is 0 Å². The fraction of sp³-hybridized carbons (Fsp3) is 0.400. The van der Waals surface area contributed by atoms with E-state index < -0.39 is 0 Å². The summed E-state index contributed by atoms with van der Waals surface area (Å²) in [5, 5.41) is 0. The van der Waals surface area contributed by atoms with Gasteiger partial charge in [0.1, 0.15) is 18.1 Å². The molecule has 0 saturated carbocycles. The highest BCUT2D eigenvalue weighted by Gasteiger charge is 2.24. The number of nitrogens with zero attached hydrogens (tertiary/aromatic N) is 3. The summed E-state index contributed by atoms with van der Waals surface area (Å²) < 4.78 is 11.2. The Morgan fingerprint density at radius 1 is 0.865 bits per heavy atom. The minimum atomic E-state index is -0.126. The van der Waals surface area contributed by atoms with Gasteiger partial charge in [-0.25, -0.2) is 0 Å². The summed E-state index contributed by atoms with van der Waals surface area (Å²) >= 11 is 0. The molecule has 3 aromatic rings. The number of benzene rings is 2. The number of hydrogen-bond donors (Lipinski definition) is 0. The molecular weight excluding hydrogens is 466 g/mol. The number of amides is 2. The molecule has 2 amide bonds. The van der Waals surface area contributed by atoms with Crippen LogP contribution in [0.2, 0.25) is 0 Å². The van der Waals surface area contributed by atoms with Gasteiger partial charge in [-0.2, -0.15) is 0 Å². The van der Waals surface area contributed by atoms with E-state index in [4.69, 9.17) is 9.15 Å². The van der Waals surface area contributed by atoms with Crippen molar-refractivity contribution in [1.82, 2.24) is 14.7 Å². The van der Waals surface area contributed by atoms with Crippen molar-refractivity contribution in [1.29, 1.82) is 0 Å². The maximum absolute atomic E-state index is 13.7. The highest BCUT2D eigenvalue weighted by Crippen LogP contribution is 2.14. The van der Waals surface area contributed by atoms with Crippen LogP contribution in [0.5, 0.6) is 0 Å². The quantitative estimate of drug-likeness (QED) is 0.397. The Hall–Kier alpha value is -3.42. The van der Waals surface area contributed by atoms with Crippen molar-refractivity contribution in [3.8, 4) is 0 Å². The Kier molecular flexibility index (Phi) is 9.52. The van der Waals surface area contributed by atoms with Gasteiger partial charge < -0.3 is 19.0 Å². The molecule has 0 bridgehead atoms. The molecule has 7 heteroatoms. The number of furan rings is 1. The first-order chi connectivity index (χ1) is 18.0. The van der Waals surface area contributed by atoms with Crippen LogP contribution < -0.4 is 0 Å². The lowest BCUT2D eigenvalue weighted by Gasteiger charge is -2.31. The van der Waals surface area contributed by atoms with Crippen molar-refractivity contribution < 1.29 is 18.7 Å². The van der Waals surface area contributed by atoms with Gasteiger partial charge in [-0.3, -0.25) is 14.5 Å². The first-order valence-corrected chi connectivity index (χ1v) is 13.0. The Balaban J connectivity index is 1.49. The lowest BCUT2D eigenvalue weighted by molar-refractivity contribution is -0.132. The molecular formula is C30H37N3O4. The molecule has 37 heavy (non-hydrogen) atoms. The molecule has 0 spiro atoms. The highest BCUT2D eigenvalue weighted by molar-refractivity contribution is 5.96. The van der Waals surface area contributed by atoms with Crippen LogP contribution in [0.15, 0.2) is 71.1 Å². The zero-order chi connectivity index (χ0) is 26.0. The summed E-state index contributed by atoms with van der Waals surface area (Å²) in [5.74, 6) is 1.33. The fourth-order valence-electron chi connectivity index (χ4n) is 4.44. The third-order valence-electron chi connectivity index (χ3n) is 6.71. The topological polar surface area (TPSA) is 66.2 Å². The molecule has 0 radical (unpaired) electrons. The number of aryl methyl sites for hydroxylation is 2. The molecule has 2 aromatic carbocycles. The van der Waals surface area contributed by atoms with E-state index in [1.54, 1.807) is 9.80 Å². The van der Waals surface area contributed by atoms with E-state index >= 15 is 0 Å². The zero-order valence-electron chi connectivity index (χ0n) is 21.9. The summed E-state index contributed by atoms with van der Waals surface area (Å²) in [6.45, 7) is 9.06. The van der Waals surface area contributed by atoms with Gasteiger partial charge in [0.2, 0.25) is 5.91 Å². The van der Waals surface area contributed by atoms with Crippen LogP contribution in [0.1, 0.15) is 33.0 Å². The molecule has 196 valence electrons. The molecule has 2 heterocycles. The van der Waals surface area contributed by atoms with Gasteiger partial charge in [0.15, 0.2) is 0 Å². The summed E-state index contributed by atoms with van der Waals surface area (Å²) in [6.07, 6.45) is 0.728. The van der Waals surface area contributed by atoms with Crippen molar-refractivity contribution in [2.75, 3.05) is 52.5 Å². The molecule has 1 saturated heterocycles. The third-order valence-corrected chi connectivity index (χ3v) is 6.71. The van der Waals surface area contributed by atoms with Crippen LogP contribution in [0.25, 0.3) is 0 Å². The van der Waals surface area contributed by atoms with Gasteiger partial charge in [0, 0.05) is 38.3 Å². The number of rotatable bonds is 11. The molecule has 1 aromatic heterocycles. The fourth-order valence-corrected chi connectivity index (χ4v) is 4.44. The average Bonchev–Trinajstić information content (AvgIpc) is 3.34. The van der Waals surface area contributed by atoms with Crippen LogP contribution in [0, 0.1) is 13.8 Å². The second-order valence-electron chi connectivity index (χ2n) is 9.61. The van der Waals surface area contributed by atoms with Gasteiger partial charge in [0.25, 0.3) is 5.91 Å². The third kappa shape index (κ3) is 8.03. The number of hydrogen-bond acceptors (Lipinski definition) is 5. The predicted molar refractivity (Wildman–Crippen MR) is 143 cm³/mol. The van der Waals surface area contributed by atoms with E-state index in [0.717, 1.165) is 42.2 Å². The van der Waals surface area contributed by atoms with Gasteiger partial charge in [-0.15, -0.1) is 0 Å². The van der Waals surface area contributed by atoms with Crippen molar-refractivity contribution in [3.63, 3.8) is 0 Å². The normalized spacial score (nSPS) is 13.9. The Bertz CT molecular complexity index is 1140.